The van der Waals surface area contributed by atoms with Gasteiger partial charge >= 0.3 is 18.0 Å². The molecular formula is C18H25N3O6. The molecule has 0 bridgehead atoms. The lowest BCUT2D eigenvalue weighted by molar-refractivity contribution is -0.147. The minimum atomic E-state index is -0.886. The van der Waals surface area contributed by atoms with E-state index in [0.717, 1.165) is 5.56 Å². The topological polar surface area (TPSA) is 118 Å². The van der Waals surface area contributed by atoms with E-state index in [2.05, 4.69) is 5.32 Å². The average molecular weight is 379 g/mol. The molecule has 0 aliphatic rings. The van der Waals surface area contributed by atoms with Gasteiger partial charge in [-0.05, 0) is 19.4 Å². The lowest BCUT2D eigenvalue weighted by Gasteiger charge is -2.19. The van der Waals surface area contributed by atoms with Crippen LogP contribution < -0.4 is 5.32 Å². The molecule has 0 atom stereocenters. The van der Waals surface area contributed by atoms with Crippen molar-refractivity contribution in [2.45, 2.75) is 26.4 Å². The molecule has 0 aromatic heterocycles. The normalized spacial score (nSPS) is 10.1. The zero-order valence-corrected chi connectivity index (χ0v) is 15.7. The summed E-state index contributed by atoms with van der Waals surface area (Å²) in [5, 5.41) is 9.86. The van der Waals surface area contributed by atoms with Gasteiger partial charge in [-0.3, -0.25) is 20.3 Å². The highest BCUT2D eigenvalue weighted by atomic mass is 16.6. The Hall–Kier alpha value is -3.10. The van der Waals surface area contributed by atoms with Gasteiger partial charge < -0.3 is 19.1 Å². The molecule has 0 aliphatic carbocycles. The van der Waals surface area contributed by atoms with Gasteiger partial charge in [0.1, 0.15) is 19.8 Å². The summed E-state index contributed by atoms with van der Waals surface area (Å²) in [5.41, 5.74) is 0.827. The van der Waals surface area contributed by atoms with E-state index in [-0.39, 0.29) is 38.2 Å². The smallest absolute Gasteiger partial charge is 0.414 e. The van der Waals surface area contributed by atoms with Gasteiger partial charge in [0.15, 0.2) is 0 Å². The van der Waals surface area contributed by atoms with Crippen LogP contribution >= 0.6 is 0 Å². The minimum absolute atomic E-state index is 0.0943. The first-order chi connectivity index (χ1) is 12.8. The molecule has 9 nitrogen and oxygen atoms in total. The van der Waals surface area contributed by atoms with Crippen molar-refractivity contribution in [3.63, 3.8) is 0 Å². The second-order valence-electron chi connectivity index (χ2n) is 5.89. The number of benzene rings is 1. The van der Waals surface area contributed by atoms with Gasteiger partial charge in [-0.1, -0.05) is 30.3 Å². The molecule has 0 radical (unpaired) electrons. The van der Waals surface area contributed by atoms with Gasteiger partial charge in [0.2, 0.25) is 5.96 Å². The van der Waals surface area contributed by atoms with Gasteiger partial charge in [0.25, 0.3) is 0 Å². The number of likely N-dealkylation sites (N-methyl/N-ethyl adjacent to an activating group) is 1. The van der Waals surface area contributed by atoms with E-state index in [4.69, 9.17) is 19.6 Å². The standard InChI is InChI=1S/C18H25N3O6/c1-13(2)27-16(23)12-21(3)17(19)20-18(24)26-10-9-25-15(22)11-14-7-5-4-6-8-14/h4-8,13H,9-12H2,1-3H3,(H2,19,20,24). The molecule has 0 fully saturated rings. The van der Waals surface area contributed by atoms with Crippen LogP contribution in [-0.2, 0) is 30.2 Å². The number of ether oxygens (including phenoxy) is 3. The molecule has 148 valence electrons. The fraction of sp³-hybridized carbons (Fsp3) is 0.444. The van der Waals surface area contributed by atoms with Gasteiger partial charge in [-0.15, -0.1) is 0 Å². The van der Waals surface area contributed by atoms with E-state index in [1.165, 1.54) is 11.9 Å². The molecule has 1 amide bonds. The number of hydrogen-bond donors (Lipinski definition) is 2. The molecule has 0 aliphatic heterocycles. The number of nitrogens with zero attached hydrogens (tertiary/aromatic N) is 1. The van der Waals surface area contributed by atoms with Crippen molar-refractivity contribution in [2.75, 3.05) is 26.8 Å². The number of alkyl carbamates (subject to hydrolysis) is 1. The molecule has 1 aromatic rings. The molecule has 9 heteroatoms. The van der Waals surface area contributed by atoms with E-state index in [1.54, 1.807) is 13.8 Å². The summed E-state index contributed by atoms with van der Waals surface area (Å²) in [6.07, 6.45) is -1.01. The zero-order chi connectivity index (χ0) is 20.2. The van der Waals surface area contributed by atoms with Crippen molar-refractivity contribution in [1.82, 2.24) is 10.2 Å². The summed E-state index contributed by atoms with van der Waals surface area (Å²) in [6, 6.07) is 9.12. The first kappa shape index (κ1) is 21.9. The molecule has 0 unspecified atom stereocenters. The highest BCUT2D eigenvalue weighted by Crippen LogP contribution is 2.00. The second kappa shape index (κ2) is 11.5. The zero-order valence-electron chi connectivity index (χ0n) is 15.7. The van der Waals surface area contributed by atoms with Crippen LogP contribution in [0.15, 0.2) is 30.3 Å². The van der Waals surface area contributed by atoms with Crippen molar-refractivity contribution in [3.05, 3.63) is 35.9 Å². The van der Waals surface area contributed by atoms with Gasteiger partial charge in [-0.25, -0.2) is 4.79 Å². The molecule has 2 N–H and O–H groups in total. The quantitative estimate of drug-likeness (QED) is 0.230. The third-order valence-electron chi connectivity index (χ3n) is 3.11. The lowest BCUT2D eigenvalue weighted by Crippen LogP contribution is -2.44. The Morgan fingerprint density at radius 2 is 1.70 bits per heavy atom. The van der Waals surface area contributed by atoms with E-state index in [1.807, 2.05) is 30.3 Å². The summed E-state index contributed by atoms with van der Waals surface area (Å²) in [7, 11) is 1.45. The first-order valence-electron chi connectivity index (χ1n) is 8.40. The van der Waals surface area contributed by atoms with Crippen molar-refractivity contribution in [2.24, 2.45) is 0 Å². The molecule has 0 heterocycles. The summed E-state index contributed by atoms with van der Waals surface area (Å²) in [4.78, 5) is 35.9. The van der Waals surface area contributed by atoms with Gasteiger partial charge in [0.05, 0.1) is 12.5 Å². The van der Waals surface area contributed by atoms with Crippen LogP contribution in [0.3, 0.4) is 0 Å². The molecule has 1 rings (SSSR count). The Morgan fingerprint density at radius 1 is 1.07 bits per heavy atom. The molecule has 0 saturated carbocycles. The summed E-state index contributed by atoms with van der Waals surface area (Å²) in [5.74, 6) is -1.26. The van der Waals surface area contributed by atoms with Crippen LogP contribution in [0.4, 0.5) is 4.79 Å². The van der Waals surface area contributed by atoms with Crippen LogP contribution in [0, 0.1) is 5.41 Å². The predicted molar refractivity (Wildman–Crippen MR) is 97.2 cm³/mol. The monoisotopic (exact) mass is 379 g/mol. The van der Waals surface area contributed by atoms with Crippen LogP contribution in [0.25, 0.3) is 0 Å². The number of nitrogens with one attached hydrogen (secondary N) is 2. The van der Waals surface area contributed by atoms with Crippen molar-refractivity contribution < 1.29 is 28.6 Å². The highest BCUT2D eigenvalue weighted by molar-refractivity contribution is 5.93. The number of esters is 2. The number of amides is 1. The Balaban J connectivity index is 2.19. The van der Waals surface area contributed by atoms with Crippen LogP contribution in [-0.4, -0.2) is 61.8 Å². The van der Waals surface area contributed by atoms with E-state index < -0.39 is 18.0 Å². The lowest BCUT2D eigenvalue weighted by atomic mass is 10.2. The third-order valence-corrected chi connectivity index (χ3v) is 3.11. The Morgan fingerprint density at radius 3 is 2.33 bits per heavy atom. The van der Waals surface area contributed by atoms with Crippen LogP contribution in [0.1, 0.15) is 19.4 Å². The predicted octanol–water partition coefficient (Wildman–Crippen LogP) is 1.32. The fourth-order valence-electron chi connectivity index (χ4n) is 1.90. The van der Waals surface area contributed by atoms with Gasteiger partial charge in [0, 0.05) is 7.05 Å². The fourth-order valence-corrected chi connectivity index (χ4v) is 1.90. The van der Waals surface area contributed by atoms with Crippen molar-refractivity contribution >= 4 is 24.0 Å². The van der Waals surface area contributed by atoms with Gasteiger partial charge in [-0.2, -0.15) is 0 Å². The molecule has 1 aromatic carbocycles. The largest absolute Gasteiger partial charge is 0.462 e. The first-order valence-corrected chi connectivity index (χ1v) is 8.40. The van der Waals surface area contributed by atoms with Crippen LogP contribution in [0.2, 0.25) is 0 Å². The molecular weight excluding hydrogens is 354 g/mol. The molecule has 0 saturated heterocycles. The number of rotatable bonds is 8. The minimum Gasteiger partial charge on any atom is -0.462 e. The maximum Gasteiger partial charge on any atom is 0.414 e. The highest BCUT2D eigenvalue weighted by Gasteiger charge is 2.15. The Bertz CT molecular complexity index is 648. The maximum atomic E-state index is 11.6. The summed E-state index contributed by atoms with van der Waals surface area (Å²) in [6.45, 7) is 2.99. The third kappa shape index (κ3) is 9.83. The van der Waals surface area contributed by atoms with Crippen molar-refractivity contribution in [3.8, 4) is 0 Å². The SMILES string of the molecule is CC(C)OC(=O)CN(C)C(=N)NC(=O)OCCOC(=O)Cc1ccccc1. The number of guanidine groups is 1. The average Bonchev–Trinajstić information content (AvgIpc) is 2.58. The number of carbonyl (C=O) groups excluding carboxylic acids is 3. The maximum absolute atomic E-state index is 11.6. The Labute approximate surface area is 158 Å². The second-order valence-corrected chi connectivity index (χ2v) is 5.89. The van der Waals surface area contributed by atoms with E-state index >= 15 is 0 Å². The van der Waals surface area contributed by atoms with Crippen molar-refractivity contribution in [1.29, 1.82) is 5.41 Å². The molecule has 27 heavy (non-hydrogen) atoms. The summed E-state index contributed by atoms with van der Waals surface area (Å²) >= 11 is 0. The number of hydrogen-bond acceptors (Lipinski definition) is 7. The van der Waals surface area contributed by atoms with Crippen LogP contribution in [0.5, 0.6) is 0 Å². The summed E-state index contributed by atoms with van der Waals surface area (Å²) < 4.78 is 14.7. The molecule has 0 spiro atoms. The Kier molecular flexibility index (Phi) is 9.35. The van der Waals surface area contributed by atoms with E-state index in [0.29, 0.717) is 0 Å². The van der Waals surface area contributed by atoms with E-state index in [9.17, 15) is 14.4 Å². The number of carbonyl (C=O) groups is 3.